The smallest absolute Gasteiger partial charge is 0.244 e. The summed E-state index contributed by atoms with van der Waals surface area (Å²) in [5, 5.41) is 3.03. The molecule has 2 amide bonds. The fourth-order valence-corrected chi connectivity index (χ4v) is 9.69. The van der Waals surface area contributed by atoms with Crippen molar-refractivity contribution >= 4 is 27.5 Å². The lowest BCUT2D eigenvalue weighted by atomic mass is 9.48. The summed E-state index contributed by atoms with van der Waals surface area (Å²) in [5.74, 6) is 1.03. The third-order valence-corrected chi connectivity index (χ3v) is 11.8. The molecular weight excluding hydrogens is 565 g/mol. The number of benzene rings is 2. The van der Waals surface area contributed by atoms with Gasteiger partial charge in [0.1, 0.15) is 18.4 Å². The van der Waals surface area contributed by atoms with Crippen molar-refractivity contribution in [1.82, 2.24) is 10.2 Å². The summed E-state index contributed by atoms with van der Waals surface area (Å²) < 4.78 is 41.9. The van der Waals surface area contributed by atoms with Crippen LogP contribution in [0.5, 0.6) is 0 Å². The summed E-state index contributed by atoms with van der Waals surface area (Å²) in [6, 6.07) is 13.0. The summed E-state index contributed by atoms with van der Waals surface area (Å²) in [7, 11) is -3.84. The predicted octanol–water partition coefficient (Wildman–Crippen LogP) is 5.54. The minimum absolute atomic E-state index is 0.0559. The first-order valence-corrected chi connectivity index (χ1v) is 17.8. The van der Waals surface area contributed by atoms with Gasteiger partial charge >= 0.3 is 0 Å². The van der Waals surface area contributed by atoms with Crippen molar-refractivity contribution < 1.29 is 22.4 Å². The van der Waals surface area contributed by atoms with Gasteiger partial charge < -0.3 is 10.2 Å². The molecule has 232 valence electrons. The van der Waals surface area contributed by atoms with Gasteiger partial charge in [0.15, 0.2) is 0 Å². The Labute approximate surface area is 255 Å². The van der Waals surface area contributed by atoms with E-state index in [0.29, 0.717) is 5.69 Å². The maximum absolute atomic E-state index is 14.7. The molecule has 0 radical (unpaired) electrons. The van der Waals surface area contributed by atoms with Crippen LogP contribution >= 0.6 is 0 Å². The van der Waals surface area contributed by atoms with E-state index in [4.69, 9.17) is 0 Å². The molecule has 0 saturated heterocycles. The van der Waals surface area contributed by atoms with Crippen molar-refractivity contribution in [3.63, 3.8) is 0 Å². The van der Waals surface area contributed by atoms with Gasteiger partial charge in [-0.05, 0) is 105 Å². The van der Waals surface area contributed by atoms with E-state index >= 15 is 0 Å². The molecule has 2 aromatic rings. The lowest BCUT2D eigenvalue weighted by molar-refractivity contribution is -0.139. The highest BCUT2D eigenvalue weighted by atomic mass is 32.2. The van der Waals surface area contributed by atoms with E-state index in [9.17, 15) is 22.4 Å². The Morgan fingerprint density at radius 3 is 2.09 bits per heavy atom. The number of amides is 2. The van der Waals surface area contributed by atoms with Gasteiger partial charge in [0.2, 0.25) is 21.8 Å². The third kappa shape index (κ3) is 6.33. The van der Waals surface area contributed by atoms with E-state index < -0.39 is 34.3 Å². The third-order valence-electron chi connectivity index (χ3n) is 10.7. The van der Waals surface area contributed by atoms with Crippen molar-refractivity contribution in [1.29, 1.82) is 0 Å². The number of carbonyl (C=O) groups is 2. The van der Waals surface area contributed by atoms with Crippen LogP contribution < -0.4 is 9.62 Å². The van der Waals surface area contributed by atoms with Crippen LogP contribution in [-0.2, 0) is 31.6 Å². The van der Waals surface area contributed by atoms with Gasteiger partial charge in [-0.3, -0.25) is 13.9 Å². The molecule has 2 aromatic carbocycles. The van der Waals surface area contributed by atoms with Crippen molar-refractivity contribution in [3.8, 4) is 0 Å². The van der Waals surface area contributed by atoms with E-state index in [2.05, 4.69) is 17.4 Å². The molecule has 5 aliphatic carbocycles. The van der Waals surface area contributed by atoms with E-state index in [1.54, 1.807) is 25.1 Å². The van der Waals surface area contributed by atoms with Crippen LogP contribution in [0.15, 0.2) is 48.5 Å². The van der Waals surface area contributed by atoms with Gasteiger partial charge in [0.25, 0.3) is 0 Å². The Hall–Kier alpha value is -2.94. The van der Waals surface area contributed by atoms with Crippen LogP contribution in [-0.4, -0.2) is 50.0 Å². The average Bonchev–Trinajstić information content (AvgIpc) is 3.47. The number of carbonyl (C=O) groups excluding carboxylic acids is 2. The van der Waals surface area contributed by atoms with E-state index in [-0.39, 0.29) is 29.5 Å². The van der Waals surface area contributed by atoms with Gasteiger partial charge in [0, 0.05) is 18.2 Å². The zero-order valence-electron chi connectivity index (χ0n) is 25.3. The van der Waals surface area contributed by atoms with E-state index in [0.717, 1.165) is 54.0 Å². The molecular formula is C34H44FN3O4S. The van der Waals surface area contributed by atoms with Crippen molar-refractivity contribution in [3.05, 3.63) is 65.5 Å². The molecule has 5 aliphatic rings. The van der Waals surface area contributed by atoms with Crippen molar-refractivity contribution in [2.45, 2.75) is 95.2 Å². The zero-order valence-corrected chi connectivity index (χ0v) is 26.1. The number of anilines is 1. The summed E-state index contributed by atoms with van der Waals surface area (Å²) in [6.45, 7) is 0.993. The number of halogens is 1. The Morgan fingerprint density at radius 1 is 0.953 bits per heavy atom. The van der Waals surface area contributed by atoms with E-state index in [1.807, 2.05) is 12.1 Å². The van der Waals surface area contributed by atoms with Gasteiger partial charge in [-0.25, -0.2) is 12.8 Å². The van der Waals surface area contributed by atoms with E-state index in [1.165, 1.54) is 55.1 Å². The van der Waals surface area contributed by atoms with Gasteiger partial charge in [0.05, 0.1) is 11.9 Å². The largest absolute Gasteiger partial charge is 0.352 e. The number of rotatable bonds is 10. The van der Waals surface area contributed by atoms with Crippen LogP contribution in [0.3, 0.4) is 0 Å². The van der Waals surface area contributed by atoms with Crippen LogP contribution in [0.1, 0.15) is 82.3 Å². The SMILES string of the molecule is C[C@H](C(=O)NC1CCCC1)N(Cc1ccccc1F)C(=O)CN(c1ccc(C23CC4CC(CC(C4)C2)C3)cc1)S(C)(=O)=O. The summed E-state index contributed by atoms with van der Waals surface area (Å²) in [4.78, 5) is 28.4. The number of nitrogens with one attached hydrogen (secondary N) is 1. The Kier molecular flexibility index (Phi) is 8.31. The maximum Gasteiger partial charge on any atom is 0.244 e. The molecule has 5 saturated carbocycles. The molecule has 43 heavy (non-hydrogen) atoms. The minimum atomic E-state index is -3.84. The normalized spacial score (nSPS) is 27.2. The Balaban J connectivity index is 1.23. The molecule has 7 rings (SSSR count). The standard InChI is InChI=1S/C34H44FN3O4S/c1-23(33(40)36-29-8-4-5-9-29)37(21-27-7-3-6-10-31(27)35)32(39)22-38(43(2,41)42)30-13-11-28(12-14-30)34-18-24-15-25(19-34)17-26(16-24)20-34/h3,6-7,10-14,23-26,29H,4-5,8-9,15-22H2,1-2H3,(H,36,40)/t23-,24?,25?,26?,34?/m1/s1. The highest BCUT2D eigenvalue weighted by Crippen LogP contribution is 2.60. The number of nitrogens with zero attached hydrogens (tertiary/aromatic N) is 2. The molecule has 1 atom stereocenters. The first-order valence-electron chi connectivity index (χ1n) is 15.9. The van der Waals surface area contributed by atoms with Crippen molar-refractivity contribution in [2.75, 3.05) is 17.1 Å². The molecule has 0 aromatic heterocycles. The Bertz CT molecular complexity index is 1420. The molecule has 1 N–H and O–H groups in total. The van der Waals surface area contributed by atoms with Crippen LogP contribution in [0.4, 0.5) is 10.1 Å². The second kappa shape index (κ2) is 11.9. The van der Waals surface area contributed by atoms with Gasteiger partial charge in [-0.15, -0.1) is 0 Å². The molecule has 7 nitrogen and oxygen atoms in total. The predicted molar refractivity (Wildman–Crippen MR) is 165 cm³/mol. The number of hydrogen-bond donors (Lipinski definition) is 1. The minimum Gasteiger partial charge on any atom is -0.352 e. The molecule has 0 spiro atoms. The molecule has 9 heteroatoms. The first-order chi connectivity index (χ1) is 20.5. The molecule has 0 heterocycles. The molecule has 4 bridgehead atoms. The zero-order chi connectivity index (χ0) is 30.4. The summed E-state index contributed by atoms with van der Waals surface area (Å²) >= 11 is 0. The lowest BCUT2D eigenvalue weighted by Crippen LogP contribution is -2.52. The molecule has 0 unspecified atom stereocenters. The highest BCUT2D eigenvalue weighted by Gasteiger charge is 2.51. The Morgan fingerprint density at radius 2 is 1.53 bits per heavy atom. The highest BCUT2D eigenvalue weighted by molar-refractivity contribution is 7.92. The second-order valence-corrected chi connectivity index (χ2v) is 15.7. The molecule has 0 aliphatic heterocycles. The van der Waals surface area contributed by atoms with Gasteiger partial charge in [-0.1, -0.05) is 43.2 Å². The van der Waals surface area contributed by atoms with Crippen LogP contribution in [0.25, 0.3) is 0 Å². The first kappa shape index (κ1) is 30.1. The quantitative estimate of drug-likeness (QED) is 0.384. The van der Waals surface area contributed by atoms with Gasteiger partial charge in [-0.2, -0.15) is 0 Å². The summed E-state index contributed by atoms with van der Waals surface area (Å²) in [6.07, 6.45) is 12.6. The van der Waals surface area contributed by atoms with Crippen LogP contribution in [0, 0.1) is 23.6 Å². The monoisotopic (exact) mass is 609 g/mol. The fourth-order valence-electron chi connectivity index (χ4n) is 8.84. The topological polar surface area (TPSA) is 86.8 Å². The fraction of sp³-hybridized carbons (Fsp3) is 0.588. The lowest BCUT2D eigenvalue weighted by Gasteiger charge is -2.57. The maximum atomic E-state index is 14.7. The second-order valence-electron chi connectivity index (χ2n) is 13.8. The van der Waals surface area contributed by atoms with Crippen LogP contribution in [0.2, 0.25) is 0 Å². The van der Waals surface area contributed by atoms with Crippen molar-refractivity contribution in [2.24, 2.45) is 17.8 Å². The summed E-state index contributed by atoms with van der Waals surface area (Å²) in [5.41, 5.74) is 2.13. The molecule has 5 fully saturated rings. The average molecular weight is 610 g/mol. The number of hydrogen-bond acceptors (Lipinski definition) is 4. The number of sulfonamides is 1.